The van der Waals surface area contributed by atoms with Crippen molar-refractivity contribution in [3.8, 4) is 0 Å². The predicted octanol–water partition coefficient (Wildman–Crippen LogP) is 3.12. The molecule has 0 spiro atoms. The molecule has 1 amide bonds. The first-order valence-corrected chi connectivity index (χ1v) is 8.41. The lowest BCUT2D eigenvalue weighted by atomic mass is 10.0. The maximum absolute atomic E-state index is 12.3. The molecular formula is C20H24N2O3. The fourth-order valence-corrected chi connectivity index (χ4v) is 2.58. The highest BCUT2D eigenvalue weighted by molar-refractivity contribution is 5.90. The third-order valence-electron chi connectivity index (χ3n) is 4.08. The average molecular weight is 340 g/mol. The van der Waals surface area contributed by atoms with Gasteiger partial charge in [-0.15, -0.1) is 0 Å². The zero-order chi connectivity index (χ0) is 18.2. The second-order valence-corrected chi connectivity index (χ2v) is 6.27. The van der Waals surface area contributed by atoms with E-state index in [1.54, 1.807) is 22.9 Å². The molecule has 2 N–H and O–H groups in total. The van der Waals surface area contributed by atoms with Gasteiger partial charge in [0.25, 0.3) is 11.5 Å². The number of hydrogen-bond donors (Lipinski definition) is 2. The largest absolute Gasteiger partial charge is 0.315 e. The lowest BCUT2D eigenvalue weighted by Crippen LogP contribution is -2.22. The molecule has 1 heterocycles. The Bertz CT molecular complexity index is 789. The summed E-state index contributed by atoms with van der Waals surface area (Å²) in [7, 11) is 0. The fraction of sp³-hybridized carbons (Fsp3) is 0.300. The molecule has 0 bridgehead atoms. The molecule has 0 saturated carbocycles. The molecule has 0 aliphatic heterocycles. The van der Waals surface area contributed by atoms with Crippen LogP contribution in [-0.4, -0.2) is 15.7 Å². The first-order valence-electron chi connectivity index (χ1n) is 8.41. The van der Waals surface area contributed by atoms with Gasteiger partial charge in [0.05, 0.1) is 0 Å². The number of pyridine rings is 1. The number of carbonyl (C=O) groups excluding carboxylic acids is 1. The van der Waals surface area contributed by atoms with Crippen LogP contribution in [0.2, 0.25) is 0 Å². The van der Waals surface area contributed by atoms with Crippen LogP contribution in [0.15, 0.2) is 53.5 Å². The van der Waals surface area contributed by atoms with Crippen molar-refractivity contribution in [3.05, 3.63) is 75.7 Å². The average Bonchev–Trinajstić information content (AvgIpc) is 2.62. The van der Waals surface area contributed by atoms with Gasteiger partial charge in [-0.2, -0.15) is 0 Å². The zero-order valence-electron chi connectivity index (χ0n) is 14.6. The summed E-state index contributed by atoms with van der Waals surface area (Å²) in [4.78, 5) is 23.4. The van der Waals surface area contributed by atoms with Crippen LogP contribution in [0.5, 0.6) is 0 Å². The predicted molar refractivity (Wildman–Crippen MR) is 98.5 cm³/mol. The Hall–Kier alpha value is -2.66. The summed E-state index contributed by atoms with van der Waals surface area (Å²) in [5.41, 5.74) is 4.34. The Balaban J connectivity index is 1.98. The van der Waals surface area contributed by atoms with Gasteiger partial charge in [0.2, 0.25) is 0 Å². The van der Waals surface area contributed by atoms with Crippen LogP contribution < -0.4 is 11.0 Å². The second-order valence-electron chi connectivity index (χ2n) is 6.27. The van der Waals surface area contributed by atoms with Crippen LogP contribution in [0.4, 0.5) is 0 Å². The molecule has 132 valence electrons. The Morgan fingerprint density at radius 2 is 1.96 bits per heavy atom. The topological polar surface area (TPSA) is 71.3 Å². The van der Waals surface area contributed by atoms with E-state index >= 15 is 0 Å². The van der Waals surface area contributed by atoms with E-state index in [9.17, 15) is 9.59 Å². The molecule has 0 unspecified atom stereocenters. The van der Waals surface area contributed by atoms with Crippen molar-refractivity contribution >= 4 is 12.0 Å². The van der Waals surface area contributed by atoms with Crippen molar-refractivity contribution in [2.45, 2.75) is 39.2 Å². The molecule has 0 aliphatic carbocycles. The van der Waals surface area contributed by atoms with Crippen LogP contribution in [0.1, 0.15) is 42.9 Å². The minimum atomic E-state index is -0.667. The smallest absolute Gasteiger partial charge is 0.267 e. The molecule has 0 saturated heterocycles. The maximum Gasteiger partial charge on any atom is 0.267 e. The summed E-state index contributed by atoms with van der Waals surface area (Å²) in [6, 6.07) is 12.0. The van der Waals surface area contributed by atoms with E-state index in [1.807, 2.05) is 0 Å². The summed E-state index contributed by atoms with van der Waals surface area (Å²) in [5, 5.41) is 8.47. The number of hydroxylamine groups is 1. The molecule has 0 fully saturated rings. The summed E-state index contributed by atoms with van der Waals surface area (Å²) >= 11 is 0. The number of nitrogens with zero attached hydrogens (tertiary/aromatic N) is 1. The Labute approximate surface area is 147 Å². The van der Waals surface area contributed by atoms with E-state index in [4.69, 9.17) is 5.21 Å². The van der Waals surface area contributed by atoms with Gasteiger partial charge >= 0.3 is 0 Å². The fourth-order valence-electron chi connectivity index (χ4n) is 2.58. The molecule has 1 aromatic carbocycles. The van der Waals surface area contributed by atoms with E-state index in [0.717, 1.165) is 18.9 Å². The van der Waals surface area contributed by atoms with Gasteiger partial charge in [-0.05, 0) is 48.1 Å². The lowest BCUT2D eigenvalue weighted by Gasteiger charge is -2.08. The SMILES string of the molecule is CC(C)c1ccc(CCCn2cccc(/C=C/C(=O)NO)c2=O)cc1. The molecule has 25 heavy (non-hydrogen) atoms. The van der Waals surface area contributed by atoms with Crippen molar-refractivity contribution < 1.29 is 10.0 Å². The first-order chi connectivity index (χ1) is 12.0. The molecule has 2 rings (SSSR count). The van der Waals surface area contributed by atoms with E-state index < -0.39 is 5.91 Å². The Morgan fingerprint density at radius 3 is 2.60 bits per heavy atom. The van der Waals surface area contributed by atoms with Crippen molar-refractivity contribution in [1.29, 1.82) is 0 Å². The van der Waals surface area contributed by atoms with Crippen LogP contribution in [0, 0.1) is 0 Å². The molecule has 2 aromatic rings. The van der Waals surface area contributed by atoms with Gasteiger partial charge in [0.1, 0.15) is 0 Å². The van der Waals surface area contributed by atoms with Gasteiger partial charge < -0.3 is 4.57 Å². The van der Waals surface area contributed by atoms with Crippen LogP contribution >= 0.6 is 0 Å². The zero-order valence-corrected chi connectivity index (χ0v) is 14.6. The normalized spacial score (nSPS) is 11.2. The van der Waals surface area contributed by atoms with E-state index in [1.165, 1.54) is 22.7 Å². The number of nitrogens with one attached hydrogen (secondary N) is 1. The number of benzene rings is 1. The van der Waals surface area contributed by atoms with Gasteiger partial charge in [-0.3, -0.25) is 14.8 Å². The number of hydrogen-bond acceptors (Lipinski definition) is 3. The quantitative estimate of drug-likeness (QED) is 0.462. The Morgan fingerprint density at radius 1 is 1.24 bits per heavy atom. The first kappa shape index (κ1) is 18.7. The summed E-state index contributed by atoms with van der Waals surface area (Å²) in [5.74, 6) is -0.143. The highest BCUT2D eigenvalue weighted by Gasteiger charge is 2.03. The van der Waals surface area contributed by atoms with Crippen molar-refractivity contribution in [2.75, 3.05) is 0 Å². The van der Waals surface area contributed by atoms with Crippen molar-refractivity contribution in [2.24, 2.45) is 0 Å². The molecule has 0 aliphatic rings. The van der Waals surface area contributed by atoms with Crippen LogP contribution in [-0.2, 0) is 17.8 Å². The number of aromatic nitrogens is 1. The number of aryl methyl sites for hydroxylation is 2. The summed E-state index contributed by atoms with van der Waals surface area (Å²) in [6.07, 6.45) is 6.02. The van der Waals surface area contributed by atoms with Crippen LogP contribution in [0.25, 0.3) is 6.08 Å². The Kier molecular flexibility index (Phi) is 6.71. The standard InChI is InChI=1S/C20H24N2O3/c1-15(2)17-9-7-16(8-10-17)5-3-13-22-14-4-6-18(20(22)24)11-12-19(23)21-25/h4,6-12,14-15,25H,3,5,13H2,1-2H3,(H,21,23)/b12-11+. The van der Waals surface area contributed by atoms with Gasteiger partial charge in [0, 0.05) is 24.4 Å². The minimum absolute atomic E-state index is 0.153. The molecule has 1 aromatic heterocycles. The number of carbonyl (C=O) groups is 1. The summed E-state index contributed by atoms with van der Waals surface area (Å²) in [6.45, 7) is 4.96. The highest BCUT2D eigenvalue weighted by atomic mass is 16.5. The monoisotopic (exact) mass is 340 g/mol. The summed E-state index contributed by atoms with van der Waals surface area (Å²) < 4.78 is 1.64. The van der Waals surface area contributed by atoms with E-state index in [-0.39, 0.29) is 5.56 Å². The van der Waals surface area contributed by atoms with Crippen LogP contribution in [0.3, 0.4) is 0 Å². The minimum Gasteiger partial charge on any atom is -0.315 e. The van der Waals surface area contributed by atoms with Gasteiger partial charge in [-0.1, -0.05) is 38.1 Å². The maximum atomic E-state index is 12.3. The number of amides is 1. The molecule has 5 nitrogen and oxygen atoms in total. The van der Waals surface area contributed by atoms with Crippen molar-refractivity contribution in [3.63, 3.8) is 0 Å². The number of rotatable bonds is 7. The van der Waals surface area contributed by atoms with E-state index in [2.05, 4.69) is 38.1 Å². The molecule has 5 heteroatoms. The molecule has 0 atom stereocenters. The highest BCUT2D eigenvalue weighted by Crippen LogP contribution is 2.15. The van der Waals surface area contributed by atoms with Gasteiger partial charge in [-0.25, -0.2) is 5.48 Å². The van der Waals surface area contributed by atoms with Gasteiger partial charge in [0.15, 0.2) is 0 Å². The lowest BCUT2D eigenvalue weighted by molar-refractivity contribution is -0.124. The second kappa shape index (κ2) is 8.99. The van der Waals surface area contributed by atoms with E-state index in [0.29, 0.717) is 18.0 Å². The molecular weight excluding hydrogens is 316 g/mol. The van der Waals surface area contributed by atoms with Crippen molar-refractivity contribution in [1.82, 2.24) is 10.0 Å². The molecule has 0 radical (unpaired) electrons. The third kappa shape index (κ3) is 5.43. The third-order valence-corrected chi connectivity index (χ3v) is 4.08.